The van der Waals surface area contributed by atoms with E-state index in [0.29, 0.717) is 11.3 Å². The van der Waals surface area contributed by atoms with Crippen LogP contribution >= 0.6 is 0 Å². The molecule has 0 amide bonds. The van der Waals surface area contributed by atoms with Crippen LogP contribution in [0.15, 0.2) is 17.4 Å². The molecular formula is C8H14N2. The number of rotatable bonds is 0. The first-order chi connectivity index (χ1) is 4.61. The summed E-state index contributed by atoms with van der Waals surface area (Å²) in [6.07, 6.45) is 5.96. The van der Waals surface area contributed by atoms with Gasteiger partial charge in [-0.2, -0.15) is 5.10 Å². The highest BCUT2D eigenvalue weighted by molar-refractivity contribution is 5.65. The Labute approximate surface area is 62.0 Å². The SMILES string of the molecule is CC(C)(C)C1C=CNN=C1. The first-order valence-electron chi connectivity index (χ1n) is 3.56. The lowest BCUT2D eigenvalue weighted by Crippen LogP contribution is -2.23. The molecule has 0 aromatic carbocycles. The number of nitrogens with zero attached hydrogens (tertiary/aromatic N) is 1. The number of hydrogen-bond donors (Lipinski definition) is 1. The lowest BCUT2D eigenvalue weighted by atomic mass is 9.81. The fourth-order valence-electron chi connectivity index (χ4n) is 0.875. The molecule has 0 aromatic heterocycles. The van der Waals surface area contributed by atoms with Gasteiger partial charge in [-0.1, -0.05) is 26.8 Å². The first-order valence-corrected chi connectivity index (χ1v) is 3.56. The van der Waals surface area contributed by atoms with Crippen LogP contribution in [0, 0.1) is 11.3 Å². The molecule has 0 saturated carbocycles. The standard InChI is InChI=1S/C8H14N2/c1-8(2,3)7-4-5-9-10-6-7/h4-7,9H,1-3H3. The van der Waals surface area contributed by atoms with Crippen molar-refractivity contribution in [3.8, 4) is 0 Å². The van der Waals surface area contributed by atoms with E-state index in [4.69, 9.17) is 0 Å². The average Bonchev–Trinajstić information content (AvgIpc) is 1.88. The molecule has 1 rings (SSSR count). The zero-order valence-corrected chi connectivity index (χ0v) is 6.76. The Morgan fingerprint density at radius 3 is 2.40 bits per heavy atom. The Morgan fingerprint density at radius 1 is 1.40 bits per heavy atom. The third-order valence-corrected chi connectivity index (χ3v) is 1.69. The van der Waals surface area contributed by atoms with Gasteiger partial charge in [0.1, 0.15) is 0 Å². The molecule has 0 bridgehead atoms. The van der Waals surface area contributed by atoms with Crippen LogP contribution in [0.3, 0.4) is 0 Å². The molecular weight excluding hydrogens is 124 g/mol. The van der Waals surface area contributed by atoms with E-state index in [0.717, 1.165) is 0 Å². The van der Waals surface area contributed by atoms with E-state index < -0.39 is 0 Å². The third kappa shape index (κ3) is 1.59. The van der Waals surface area contributed by atoms with Gasteiger partial charge in [0.05, 0.1) is 0 Å². The lowest BCUT2D eigenvalue weighted by Gasteiger charge is -2.25. The summed E-state index contributed by atoms with van der Waals surface area (Å²) in [5, 5.41) is 3.96. The number of hydrogen-bond acceptors (Lipinski definition) is 2. The van der Waals surface area contributed by atoms with Gasteiger partial charge in [0.15, 0.2) is 0 Å². The molecule has 1 atom stereocenters. The maximum atomic E-state index is 3.96. The minimum absolute atomic E-state index is 0.294. The summed E-state index contributed by atoms with van der Waals surface area (Å²) in [4.78, 5) is 0. The van der Waals surface area contributed by atoms with Crippen molar-refractivity contribution in [2.24, 2.45) is 16.4 Å². The Hall–Kier alpha value is -0.790. The van der Waals surface area contributed by atoms with E-state index in [1.165, 1.54) is 0 Å². The van der Waals surface area contributed by atoms with E-state index in [9.17, 15) is 0 Å². The minimum atomic E-state index is 0.294. The summed E-state index contributed by atoms with van der Waals surface area (Å²) in [6, 6.07) is 0. The molecule has 0 saturated heterocycles. The van der Waals surface area contributed by atoms with E-state index in [2.05, 4.69) is 37.4 Å². The Balaban J connectivity index is 2.64. The van der Waals surface area contributed by atoms with Gasteiger partial charge in [-0.25, -0.2) is 0 Å². The van der Waals surface area contributed by atoms with Crippen LogP contribution in [0.25, 0.3) is 0 Å². The van der Waals surface area contributed by atoms with Crippen LogP contribution in [-0.4, -0.2) is 6.21 Å². The van der Waals surface area contributed by atoms with Gasteiger partial charge in [0.25, 0.3) is 0 Å². The summed E-state index contributed by atoms with van der Waals surface area (Å²) in [6.45, 7) is 6.62. The van der Waals surface area contributed by atoms with Crippen LogP contribution in [0.5, 0.6) is 0 Å². The molecule has 0 radical (unpaired) electrons. The van der Waals surface area contributed by atoms with Crippen LogP contribution in [0.1, 0.15) is 20.8 Å². The van der Waals surface area contributed by atoms with E-state index >= 15 is 0 Å². The van der Waals surface area contributed by atoms with E-state index in [1.807, 2.05) is 12.4 Å². The van der Waals surface area contributed by atoms with Gasteiger partial charge >= 0.3 is 0 Å². The van der Waals surface area contributed by atoms with Gasteiger partial charge in [-0.05, 0) is 5.41 Å². The van der Waals surface area contributed by atoms with Crippen molar-refractivity contribution in [2.45, 2.75) is 20.8 Å². The molecule has 10 heavy (non-hydrogen) atoms. The molecule has 0 aromatic rings. The Bertz CT molecular complexity index is 151. The molecule has 1 unspecified atom stereocenters. The van der Waals surface area contributed by atoms with Crippen LogP contribution in [-0.2, 0) is 0 Å². The van der Waals surface area contributed by atoms with Crippen molar-refractivity contribution in [2.75, 3.05) is 0 Å². The maximum absolute atomic E-state index is 3.96. The van der Waals surface area contributed by atoms with Crippen molar-refractivity contribution in [1.29, 1.82) is 0 Å². The maximum Gasteiger partial charge on any atom is 0.0321 e. The predicted octanol–water partition coefficient (Wildman–Crippen LogP) is 1.75. The number of hydrazone groups is 1. The molecule has 2 nitrogen and oxygen atoms in total. The predicted molar refractivity (Wildman–Crippen MR) is 43.7 cm³/mol. The topological polar surface area (TPSA) is 24.4 Å². The highest BCUT2D eigenvalue weighted by Gasteiger charge is 2.20. The normalized spacial score (nSPS) is 24.5. The summed E-state index contributed by atoms with van der Waals surface area (Å²) in [5.74, 6) is 0.466. The van der Waals surface area contributed by atoms with Crippen LogP contribution in [0.2, 0.25) is 0 Å². The second-order valence-corrected chi connectivity index (χ2v) is 3.66. The van der Waals surface area contributed by atoms with Gasteiger partial charge in [-0.3, -0.25) is 5.43 Å². The smallest absolute Gasteiger partial charge is 0.0321 e. The molecule has 0 fully saturated rings. The summed E-state index contributed by atoms with van der Waals surface area (Å²) >= 11 is 0. The van der Waals surface area contributed by atoms with Gasteiger partial charge < -0.3 is 0 Å². The summed E-state index contributed by atoms with van der Waals surface area (Å²) in [7, 11) is 0. The van der Waals surface area contributed by atoms with Gasteiger partial charge in [0.2, 0.25) is 0 Å². The molecule has 2 heteroatoms. The Kier molecular flexibility index (Phi) is 1.79. The fraction of sp³-hybridized carbons (Fsp3) is 0.625. The minimum Gasteiger partial charge on any atom is -0.286 e. The molecule has 1 aliphatic rings. The molecule has 0 spiro atoms. The summed E-state index contributed by atoms with van der Waals surface area (Å²) in [5.41, 5.74) is 3.07. The quantitative estimate of drug-likeness (QED) is 0.542. The number of nitrogens with one attached hydrogen (secondary N) is 1. The van der Waals surface area contributed by atoms with Crippen molar-refractivity contribution in [3.63, 3.8) is 0 Å². The van der Waals surface area contributed by atoms with Crippen molar-refractivity contribution in [3.05, 3.63) is 12.3 Å². The second kappa shape index (κ2) is 2.45. The molecule has 56 valence electrons. The number of allylic oxidation sites excluding steroid dienone is 1. The van der Waals surface area contributed by atoms with E-state index in [1.54, 1.807) is 0 Å². The monoisotopic (exact) mass is 138 g/mol. The van der Waals surface area contributed by atoms with E-state index in [-0.39, 0.29) is 0 Å². The van der Waals surface area contributed by atoms with Crippen molar-refractivity contribution >= 4 is 6.21 Å². The molecule has 1 aliphatic heterocycles. The van der Waals surface area contributed by atoms with Crippen molar-refractivity contribution < 1.29 is 0 Å². The van der Waals surface area contributed by atoms with Gasteiger partial charge in [0, 0.05) is 18.3 Å². The van der Waals surface area contributed by atoms with Gasteiger partial charge in [-0.15, -0.1) is 0 Å². The lowest BCUT2D eigenvalue weighted by molar-refractivity contribution is 0.362. The van der Waals surface area contributed by atoms with Crippen molar-refractivity contribution in [1.82, 2.24) is 5.43 Å². The highest BCUT2D eigenvalue weighted by atomic mass is 15.3. The fourth-order valence-corrected chi connectivity index (χ4v) is 0.875. The second-order valence-electron chi connectivity index (χ2n) is 3.66. The van der Waals surface area contributed by atoms with Crippen LogP contribution < -0.4 is 5.43 Å². The van der Waals surface area contributed by atoms with Crippen LogP contribution in [0.4, 0.5) is 0 Å². The highest BCUT2D eigenvalue weighted by Crippen LogP contribution is 2.25. The first kappa shape index (κ1) is 7.32. The molecule has 0 aliphatic carbocycles. The average molecular weight is 138 g/mol. The third-order valence-electron chi connectivity index (χ3n) is 1.69. The molecule has 1 heterocycles. The zero-order chi connectivity index (χ0) is 7.61. The zero-order valence-electron chi connectivity index (χ0n) is 6.76. The largest absolute Gasteiger partial charge is 0.286 e. The summed E-state index contributed by atoms with van der Waals surface area (Å²) < 4.78 is 0. The Morgan fingerprint density at radius 2 is 2.10 bits per heavy atom. The molecule has 1 N–H and O–H groups in total.